The van der Waals surface area contributed by atoms with Crippen molar-refractivity contribution in [1.29, 1.82) is 0 Å². The summed E-state index contributed by atoms with van der Waals surface area (Å²) in [5, 5.41) is 3.67. The van der Waals surface area contributed by atoms with Crippen molar-refractivity contribution in [2.75, 3.05) is 0 Å². The lowest BCUT2D eigenvalue weighted by molar-refractivity contribution is 0.497. The van der Waals surface area contributed by atoms with Gasteiger partial charge in [-0.15, -0.1) is 22.7 Å². The summed E-state index contributed by atoms with van der Waals surface area (Å²) < 4.78 is 0. The monoisotopic (exact) mass is 280 g/mol. The van der Waals surface area contributed by atoms with Crippen LogP contribution in [-0.2, 0) is 0 Å². The predicted molar refractivity (Wildman–Crippen MR) is 80.6 cm³/mol. The highest BCUT2D eigenvalue weighted by Crippen LogP contribution is 2.29. The van der Waals surface area contributed by atoms with E-state index < -0.39 is 0 Å². The van der Waals surface area contributed by atoms with Gasteiger partial charge in [0, 0.05) is 26.7 Å². The molecule has 0 bridgehead atoms. The molecule has 0 radical (unpaired) electrons. The molecule has 0 aliphatic rings. The Bertz CT molecular complexity index is 528. The molecule has 0 aliphatic heterocycles. The van der Waals surface area contributed by atoms with Crippen LogP contribution in [0.1, 0.15) is 51.8 Å². The molecule has 0 aromatic carbocycles. The summed E-state index contributed by atoms with van der Waals surface area (Å²) in [5.41, 5.74) is 4.49. The van der Waals surface area contributed by atoms with Crippen LogP contribution < -0.4 is 5.32 Å². The third-order valence-electron chi connectivity index (χ3n) is 3.22. The SMILES string of the molecule is Cc1cc(C(C)NC(C)c2scnc2C)c(C)s1. The Balaban J connectivity index is 2.10. The molecule has 18 heavy (non-hydrogen) atoms. The van der Waals surface area contributed by atoms with Crippen molar-refractivity contribution in [3.63, 3.8) is 0 Å². The van der Waals surface area contributed by atoms with E-state index in [1.165, 1.54) is 20.2 Å². The third-order valence-corrected chi connectivity index (χ3v) is 5.32. The molecule has 2 atom stereocenters. The van der Waals surface area contributed by atoms with Gasteiger partial charge in [-0.05, 0) is 46.2 Å². The van der Waals surface area contributed by atoms with Crippen molar-refractivity contribution >= 4 is 22.7 Å². The second-order valence-corrected chi connectivity index (χ2v) is 7.13. The molecule has 0 saturated heterocycles. The zero-order valence-corrected chi connectivity index (χ0v) is 13.2. The molecule has 0 saturated carbocycles. The highest BCUT2D eigenvalue weighted by Gasteiger charge is 2.16. The minimum atomic E-state index is 0.354. The van der Waals surface area contributed by atoms with E-state index in [2.05, 4.69) is 51.0 Å². The number of thiophene rings is 1. The molecule has 98 valence electrons. The Morgan fingerprint density at radius 1 is 1.17 bits per heavy atom. The van der Waals surface area contributed by atoms with Crippen LogP contribution in [0.4, 0.5) is 0 Å². The van der Waals surface area contributed by atoms with Gasteiger partial charge >= 0.3 is 0 Å². The van der Waals surface area contributed by atoms with Gasteiger partial charge in [-0.2, -0.15) is 0 Å². The van der Waals surface area contributed by atoms with E-state index >= 15 is 0 Å². The third kappa shape index (κ3) is 2.82. The molecule has 0 aliphatic carbocycles. The van der Waals surface area contributed by atoms with Crippen molar-refractivity contribution in [2.24, 2.45) is 0 Å². The van der Waals surface area contributed by atoms with Crippen LogP contribution in [0.2, 0.25) is 0 Å². The maximum absolute atomic E-state index is 4.32. The normalized spacial score (nSPS) is 14.7. The topological polar surface area (TPSA) is 24.9 Å². The summed E-state index contributed by atoms with van der Waals surface area (Å²) in [6.07, 6.45) is 0. The first-order valence-electron chi connectivity index (χ1n) is 6.22. The number of thiazole rings is 1. The summed E-state index contributed by atoms with van der Waals surface area (Å²) in [5.74, 6) is 0. The molecule has 2 aromatic rings. The number of aromatic nitrogens is 1. The van der Waals surface area contributed by atoms with Gasteiger partial charge in [0.05, 0.1) is 11.2 Å². The van der Waals surface area contributed by atoms with Gasteiger partial charge in [0.15, 0.2) is 0 Å². The van der Waals surface area contributed by atoms with Crippen molar-refractivity contribution in [2.45, 2.75) is 46.7 Å². The van der Waals surface area contributed by atoms with Crippen LogP contribution in [-0.4, -0.2) is 4.98 Å². The minimum absolute atomic E-state index is 0.354. The lowest BCUT2D eigenvalue weighted by Gasteiger charge is -2.19. The fourth-order valence-electron chi connectivity index (χ4n) is 2.35. The number of rotatable bonds is 4. The Morgan fingerprint density at radius 3 is 2.39 bits per heavy atom. The van der Waals surface area contributed by atoms with Gasteiger partial charge in [-0.1, -0.05) is 0 Å². The molecule has 0 amide bonds. The summed E-state index contributed by atoms with van der Waals surface area (Å²) in [6.45, 7) is 10.9. The maximum Gasteiger partial charge on any atom is 0.0798 e. The van der Waals surface area contributed by atoms with Crippen molar-refractivity contribution in [3.8, 4) is 0 Å². The van der Waals surface area contributed by atoms with Crippen molar-refractivity contribution < 1.29 is 0 Å². The van der Waals surface area contributed by atoms with E-state index in [0.717, 1.165) is 5.69 Å². The number of hydrogen-bond acceptors (Lipinski definition) is 4. The van der Waals surface area contributed by atoms with Crippen LogP contribution >= 0.6 is 22.7 Å². The second-order valence-electron chi connectivity index (χ2n) is 4.78. The van der Waals surface area contributed by atoms with Gasteiger partial charge in [0.1, 0.15) is 0 Å². The molecule has 0 spiro atoms. The fraction of sp³-hybridized carbons (Fsp3) is 0.500. The Labute approximate surface area is 117 Å². The van der Waals surface area contributed by atoms with Gasteiger partial charge in [-0.25, -0.2) is 4.98 Å². The average molecular weight is 280 g/mol. The predicted octanol–water partition coefficient (Wildman–Crippen LogP) is 4.54. The standard InChI is InChI=1S/C14H20N2S2/c1-8-6-13(12(5)18-8)9(2)16-11(4)14-10(3)15-7-17-14/h6-7,9,11,16H,1-5H3. The largest absolute Gasteiger partial charge is 0.303 e. The summed E-state index contributed by atoms with van der Waals surface area (Å²) >= 11 is 3.61. The molecule has 2 nitrogen and oxygen atoms in total. The van der Waals surface area contributed by atoms with Gasteiger partial charge in [0.2, 0.25) is 0 Å². The summed E-state index contributed by atoms with van der Waals surface area (Å²) in [4.78, 5) is 8.46. The quantitative estimate of drug-likeness (QED) is 0.889. The summed E-state index contributed by atoms with van der Waals surface area (Å²) in [6, 6.07) is 3.03. The fourth-order valence-corrected chi connectivity index (χ4v) is 4.19. The number of aryl methyl sites for hydroxylation is 3. The van der Waals surface area contributed by atoms with E-state index in [1.807, 2.05) is 16.8 Å². The van der Waals surface area contributed by atoms with Crippen LogP contribution in [0.25, 0.3) is 0 Å². The number of nitrogens with zero attached hydrogens (tertiary/aromatic N) is 1. The molecule has 4 heteroatoms. The molecule has 2 heterocycles. The maximum atomic E-state index is 4.32. The van der Waals surface area contributed by atoms with Crippen LogP contribution in [0.5, 0.6) is 0 Å². The molecule has 0 fully saturated rings. The zero-order chi connectivity index (χ0) is 13.3. The molecule has 2 aromatic heterocycles. The highest BCUT2D eigenvalue weighted by molar-refractivity contribution is 7.12. The molecular formula is C14H20N2S2. The van der Waals surface area contributed by atoms with E-state index in [-0.39, 0.29) is 0 Å². The van der Waals surface area contributed by atoms with Gasteiger partial charge < -0.3 is 5.32 Å². The van der Waals surface area contributed by atoms with E-state index in [4.69, 9.17) is 0 Å². The van der Waals surface area contributed by atoms with Crippen LogP contribution in [0.15, 0.2) is 11.6 Å². The Hall–Kier alpha value is -0.710. The minimum Gasteiger partial charge on any atom is -0.303 e. The van der Waals surface area contributed by atoms with E-state index in [9.17, 15) is 0 Å². The average Bonchev–Trinajstić information content (AvgIpc) is 2.84. The lowest BCUT2D eigenvalue weighted by Crippen LogP contribution is -2.22. The van der Waals surface area contributed by atoms with Gasteiger partial charge in [-0.3, -0.25) is 0 Å². The molecular weight excluding hydrogens is 260 g/mol. The smallest absolute Gasteiger partial charge is 0.0798 e. The first-order valence-corrected chi connectivity index (χ1v) is 7.91. The molecule has 2 unspecified atom stereocenters. The lowest BCUT2D eigenvalue weighted by atomic mass is 10.1. The summed E-state index contributed by atoms with van der Waals surface area (Å²) in [7, 11) is 0. The first kappa shape index (κ1) is 13.7. The second kappa shape index (κ2) is 5.51. The van der Waals surface area contributed by atoms with E-state index in [0.29, 0.717) is 12.1 Å². The highest BCUT2D eigenvalue weighted by atomic mass is 32.1. The molecule has 1 N–H and O–H groups in total. The molecule has 2 rings (SSSR count). The van der Waals surface area contributed by atoms with E-state index in [1.54, 1.807) is 11.3 Å². The Morgan fingerprint density at radius 2 is 1.89 bits per heavy atom. The number of hydrogen-bond donors (Lipinski definition) is 1. The van der Waals surface area contributed by atoms with Crippen molar-refractivity contribution in [1.82, 2.24) is 10.3 Å². The first-order chi connectivity index (χ1) is 8.49. The van der Waals surface area contributed by atoms with Gasteiger partial charge in [0.25, 0.3) is 0 Å². The van der Waals surface area contributed by atoms with Crippen molar-refractivity contribution in [3.05, 3.63) is 37.5 Å². The Kier molecular flexibility index (Phi) is 4.20. The van der Waals surface area contributed by atoms with Crippen LogP contribution in [0, 0.1) is 20.8 Å². The number of nitrogens with one attached hydrogen (secondary N) is 1. The van der Waals surface area contributed by atoms with Crippen LogP contribution in [0.3, 0.4) is 0 Å². The zero-order valence-electron chi connectivity index (χ0n) is 11.6.